The van der Waals surface area contributed by atoms with Crippen molar-refractivity contribution >= 4 is 7.98 Å². The van der Waals surface area contributed by atoms with Gasteiger partial charge in [0.05, 0.1) is 13.1 Å². The Kier molecular flexibility index (Phi) is 0.279. The van der Waals surface area contributed by atoms with E-state index in [0.29, 0.717) is 0 Å². The Morgan fingerprint density at radius 2 is 1.75 bits per heavy atom. The van der Waals surface area contributed by atoms with Gasteiger partial charge in [-0.15, -0.1) is 0 Å². The van der Waals surface area contributed by atoms with Crippen LogP contribution in [0.3, 0.4) is 0 Å². The van der Waals surface area contributed by atoms with Gasteiger partial charge in [0, 0.05) is 0 Å². The Balaban J connectivity index is 2.17. The summed E-state index contributed by atoms with van der Waals surface area (Å²) in [6, 6.07) is 0. The lowest BCUT2D eigenvalue weighted by Crippen LogP contribution is -2.89. The Morgan fingerprint density at radius 3 is 1.75 bits per heavy atom. The van der Waals surface area contributed by atoms with E-state index in [-0.39, 0.29) is 0 Å². The maximum atomic E-state index is 1.92. The molecule has 0 aliphatic carbocycles. The largest absolute Gasteiger partial charge is 0.524 e. The van der Waals surface area contributed by atoms with Gasteiger partial charge < -0.3 is 4.81 Å². The summed E-state index contributed by atoms with van der Waals surface area (Å²) >= 11 is 0. The monoisotopic (exact) mass is 57.1 g/mol. The minimum absolute atomic E-state index is 0.722. The van der Waals surface area contributed by atoms with E-state index in [1.54, 1.807) is 0 Å². The van der Waals surface area contributed by atoms with Gasteiger partial charge in [-0.3, -0.25) is 0 Å². The molecular formula is C2H8BN. The first-order valence-electron chi connectivity index (χ1n) is 1.21. The zero-order valence-electron chi connectivity index (χ0n) is 1.91. The molecule has 1 nitrogen and oxygen atoms in total. The van der Waals surface area contributed by atoms with Crippen LogP contribution in [0.1, 0.15) is 0 Å². The highest BCUT2D eigenvalue weighted by Gasteiger charge is 2.06. The highest BCUT2D eigenvalue weighted by atomic mass is 15.2. The van der Waals surface area contributed by atoms with Crippen molar-refractivity contribution in [2.45, 2.75) is 0 Å². The van der Waals surface area contributed by atoms with Gasteiger partial charge in [0.1, 0.15) is 0 Å². The molecule has 2 heteroatoms. The fourth-order valence-electron chi connectivity index (χ4n) is 0. The van der Waals surface area contributed by atoms with Crippen molar-refractivity contribution < 1.29 is 4.81 Å². The molecule has 0 aromatic carbocycles. The van der Waals surface area contributed by atoms with Crippen LogP contribution in [0, 0.1) is 0 Å². The second kappa shape index (κ2) is 0.491. The van der Waals surface area contributed by atoms with E-state index in [1.165, 1.54) is 13.1 Å². The minimum Gasteiger partial charge on any atom is -0.524 e. The summed E-state index contributed by atoms with van der Waals surface area (Å²) in [7, 11) is 0.722. The van der Waals surface area contributed by atoms with Crippen LogP contribution in [0.25, 0.3) is 0 Å². The molecule has 0 spiro atoms. The topological polar surface area (TPSA) is 4.44 Å². The molecule has 0 radical (unpaired) electrons. The molecule has 0 aromatic rings. The van der Waals surface area contributed by atoms with Gasteiger partial charge in [-0.1, -0.05) is 0 Å². The van der Waals surface area contributed by atoms with Crippen LogP contribution in [-0.4, -0.2) is 21.1 Å². The molecule has 1 heterocycles. The van der Waals surface area contributed by atoms with Crippen molar-refractivity contribution in [1.29, 1.82) is 0 Å². The molecule has 1 saturated heterocycles. The summed E-state index contributed by atoms with van der Waals surface area (Å²) < 4.78 is 0. The van der Waals surface area contributed by atoms with Crippen LogP contribution >= 0.6 is 0 Å². The third kappa shape index (κ3) is 0.232. The van der Waals surface area contributed by atoms with Crippen LogP contribution in [0.15, 0.2) is 0 Å². The number of rotatable bonds is 0. The summed E-state index contributed by atoms with van der Waals surface area (Å²) in [5, 5.41) is 0. The quantitative estimate of drug-likeness (QED) is 0.226. The summed E-state index contributed by atoms with van der Waals surface area (Å²) in [5.74, 6) is 0. The molecule has 0 saturated carbocycles. The molecule has 24 valence electrons. The molecule has 0 amide bonds. The van der Waals surface area contributed by atoms with Crippen LogP contribution in [-0.2, 0) is 0 Å². The third-order valence-corrected chi connectivity index (χ3v) is 0.250. The lowest BCUT2D eigenvalue weighted by molar-refractivity contribution is -0.615. The normalized spacial score (nSPS) is 26.2. The smallest absolute Gasteiger partial charge is 0.168 e. The van der Waals surface area contributed by atoms with E-state index in [9.17, 15) is 0 Å². The van der Waals surface area contributed by atoms with Crippen molar-refractivity contribution in [3.05, 3.63) is 0 Å². The van der Waals surface area contributed by atoms with Gasteiger partial charge in [0.15, 0.2) is 7.98 Å². The van der Waals surface area contributed by atoms with Crippen molar-refractivity contribution in [1.82, 2.24) is 0 Å². The standard InChI is InChI=1S/C2H8BN/c3-4-1-2-4/h4H,1-2H2,3H3. The molecule has 1 rings (SSSR count). The van der Waals surface area contributed by atoms with E-state index in [1.807, 2.05) is 4.81 Å². The second-order valence-corrected chi connectivity index (χ2v) is 0.750. The number of nitrogens with one attached hydrogen (secondary N) is 1. The van der Waals surface area contributed by atoms with Gasteiger partial charge in [-0.2, -0.15) is 0 Å². The van der Waals surface area contributed by atoms with Crippen LogP contribution < -0.4 is 4.81 Å². The molecule has 0 aromatic heterocycles. The molecule has 0 unspecified atom stereocenters. The first-order valence-corrected chi connectivity index (χ1v) is 1.21. The van der Waals surface area contributed by atoms with E-state index in [2.05, 4.69) is 0 Å². The Bertz CT molecular complexity index is 25.2. The van der Waals surface area contributed by atoms with Crippen LogP contribution in [0.5, 0.6) is 0 Å². The van der Waals surface area contributed by atoms with Crippen molar-refractivity contribution in [3.8, 4) is 0 Å². The summed E-state index contributed by atoms with van der Waals surface area (Å²) in [6.45, 7) is 3.03. The molecule has 0 atom stereocenters. The average molecular weight is 56.9 g/mol. The van der Waals surface area contributed by atoms with Crippen molar-refractivity contribution in [3.63, 3.8) is 0 Å². The van der Waals surface area contributed by atoms with E-state index in [4.69, 9.17) is 0 Å². The second-order valence-electron chi connectivity index (χ2n) is 0.750. The van der Waals surface area contributed by atoms with E-state index in [0.717, 1.165) is 7.98 Å². The molecular weight excluding hydrogens is 48.8 g/mol. The summed E-state index contributed by atoms with van der Waals surface area (Å²) in [5.41, 5.74) is 0. The summed E-state index contributed by atoms with van der Waals surface area (Å²) in [6.07, 6.45) is 0. The Morgan fingerprint density at radius 1 is 1.50 bits per heavy atom. The van der Waals surface area contributed by atoms with Gasteiger partial charge in [-0.05, 0) is 0 Å². The minimum atomic E-state index is 0.722. The van der Waals surface area contributed by atoms with Gasteiger partial charge in [0.2, 0.25) is 0 Å². The highest BCUT2D eigenvalue weighted by Crippen LogP contribution is 1.49. The molecule has 1 N–H and O–H groups in total. The fraction of sp³-hybridized carbons (Fsp3) is 1.00. The third-order valence-electron chi connectivity index (χ3n) is 0.250. The Labute approximate surface area is 27.0 Å². The van der Waals surface area contributed by atoms with E-state index < -0.39 is 0 Å². The lowest BCUT2D eigenvalue weighted by atomic mass is 10.5. The van der Waals surface area contributed by atoms with Crippen molar-refractivity contribution in [2.75, 3.05) is 13.1 Å². The highest BCUT2D eigenvalue weighted by molar-refractivity contribution is 5.95. The molecule has 4 heavy (non-hydrogen) atoms. The molecule has 1 fully saturated rings. The van der Waals surface area contributed by atoms with Crippen LogP contribution in [0.4, 0.5) is 0 Å². The Hall–Kier alpha value is 0.0249. The van der Waals surface area contributed by atoms with Gasteiger partial charge in [0.25, 0.3) is 0 Å². The van der Waals surface area contributed by atoms with Gasteiger partial charge >= 0.3 is 0 Å². The van der Waals surface area contributed by atoms with Crippen molar-refractivity contribution in [2.24, 2.45) is 0 Å². The zero-order chi connectivity index (χ0) is 2.99. The predicted molar refractivity (Wildman–Crippen MR) is 20.6 cm³/mol. The maximum absolute atomic E-state index is 1.92. The summed E-state index contributed by atoms with van der Waals surface area (Å²) in [4.78, 5) is 1.92. The SMILES string of the molecule is [BH3-][NH+]1CC1. The van der Waals surface area contributed by atoms with E-state index >= 15 is 0 Å². The lowest BCUT2D eigenvalue weighted by Gasteiger charge is -1.75. The first kappa shape index (κ1) is 2.27. The average Bonchev–Trinajstić information content (AvgIpc) is 1.75. The zero-order valence-corrected chi connectivity index (χ0v) is 1.91. The molecule has 0 bridgehead atoms. The van der Waals surface area contributed by atoms with Gasteiger partial charge in [-0.25, -0.2) is 0 Å². The first-order chi connectivity index (χ1) is 1.89. The number of hydrogen-bond acceptors (Lipinski definition) is 0. The number of hydrogen-bond donors (Lipinski definition) is 1. The fourth-order valence-corrected chi connectivity index (χ4v) is 0. The molecule has 1 aliphatic heterocycles. The van der Waals surface area contributed by atoms with Crippen LogP contribution in [0.2, 0.25) is 0 Å². The predicted octanol–water partition coefficient (Wildman–Crippen LogP) is -2.83. The molecule has 1 aliphatic rings. The number of quaternary nitrogens is 1. The maximum Gasteiger partial charge on any atom is 0.168 e.